The molecule has 1 aromatic carbocycles. The Morgan fingerprint density at radius 3 is 2.71 bits per heavy atom. The fourth-order valence-corrected chi connectivity index (χ4v) is 2.47. The third kappa shape index (κ3) is 0.884. The minimum Gasteiger partial charge on any atom is -0.383 e. The zero-order valence-electron chi connectivity index (χ0n) is 8.05. The van der Waals surface area contributed by atoms with Crippen LogP contribution >= 0.6 is 0 Å². The number of hydrogen-bond acceptors (Lipinski definition) is 2. The fourth-order valence-electron chi connectivity index (χ4n) is 2.47. The van der Waals surface area contributed by atoms with E-state index in [1.54, 1.807) is 0 Å². The van der Waals surface area contributed by atoms with Crippen LogP contribution in [0.4, 0.5) is 5.69 Å². The average Bonchev–Trinajstić information content (AvgIpc) is 2.16. The van der Waals surface area contributed by atoms with Gasteiger partial charge in [0.25, 0.3) is 0 Å². The van der Waals surface area contributed by atoms with Crippen molar-refractivity contribution in [2.75, 3.05) is 11.9 Å². The highest BCUT2D eigenvalue weighted by Gasteiger charge is 2.46. The lowest BCUT2D eigenvalue weighted by atomic mass is 9.63. The first kappa shape index (κ1) is 8.04. The predicted molar refractivity (Wildman–Crippen MR) is 55.5 cm³/mol. The molecule has 1 fully saturated rings. The van der Waals surface area contributed by atoms with Gasteiger partial charge in [-0.05, 0) is 25.0 Å². The molecule has 72 valence electrons. The Hall–Kier alpha value is -1.31. The van der Waals surface area contributed by atoms with Gasteiger partial charge >= 0.3 is 0 Å². The molecule has 1 aromatic rings. The number of nitrogens with one attached hydrogen (secondary N) is 1. The van der Waals surface area contributed by atoms with Gasteiger partial charge in [0, 0.05) is 17.8 Å². The van der Waals surface area contributed by atoms with Crippen molar-refractivity contribution < 1.29 is 4.79 Å². The molecular weight excluding hydrogens is 174 g/mol. The van der Waals surface area contributed by atoms with Crippen LogP contribution in [-0.4, -0.2) is 12.3 Å². The van der Waals surface area contributed by atoms with E-state index in [9.17, 15) is 4.79 Å². The highest BCUT2D eigenvalue weighted by atomic mass is 16.1. The van der Waals surface area contributed by atoms with Crippen LogP contribution in [0.5, 0.6) is 0 Å². The largest absolute Gasteiger partial charge is 0.383 e. The molecular formula is C12H13NO. The zero-order chi connectivity index (χ0) is 9.60. The molecule has 0 bridgehead atoms. The molecule has 2 nitrogen and oxygen atoms in total. The van der Waals surface area contributed by atoms with Gasteiger partial charge in [0.15, 0.2) is 5.78 Å². The molecule has 2 heteroatoms. The first-order chi connectivity index (χ1) is 6.82. The highest BCUT2D eigenvalue weighted by molar-refractivity contribution is 6.07. The summed E-state index contributed by atoms with van der Waals surface area (Å²) in [5.41, 5.74) is 1.85. The smallest absolute Gasteiger partial charge is 0.172 e. The van der Waals surface area contributed by atoms with E-state index in [0.29, 0.717) is 5.78 Å². The Morgan fingerprint density at radius 2 is 2.00 bits per heavy atom. The third-order valence-electron chi connectivity index (χ3n) is 3.58. The minimum atomic E-state index is -0.0473. The lowest BCUT2D eigenvalue weighted by Crippen LogP contribution is -2.46. The molecule has 0 amide bonds. The SMILES string of the molecule is O=C1c2ccccc2NCC12CCC2. The second kappa shape index (κ2) is 2.59. The van der Waals surface area contributed by atoms with E-state index in [4.69, 9.17) is 0 Å². The summed E-state index contributed by atoms with van der Waals surface area (Å²) < 4.78 is 0. The summed E-state index contributed by atoms with van der Waals surface area (Å²) in [5.74, 6) is 0.359. The molecule has 0 radical (unpaired) electrons. The second-order valence-corrected chi connectivity index (χ2v) is 4.36. The number of para-hydroxylation sites is 1. The van der Waals surface area contributed by atoms with Gasteiger partial charge in [0.05, 0.1) is 5.41 Å². The summed E-state index contributed by atoms with van der Waals surface area (Å²) in [6.45, 7) is 0.836. The number of carbonyl (C=O) groups excluding carboxylic acids is 1. The van der Waals surface area contributed by atoms with E-state index in [2.05, 4.69) is 5.32 Å². The number of Topliss-reactive ketones (excluding diaryl/α,β-unsaturated/α-hetero) is 1. The lowest BCUT2D eigenvalue weighted by Gasteiger charge is -2.43. The molecule has 1 spiro atoms. The molecule has 3 rings (SSSR count). The van der Waals surface area contributed by atoms with E-state index < -0.39 is 0 Å². The van der Waals surface area contributed by atoms with E-state index >= 15 is 0 Å². The molecule has 1 saturated carbocycles. The lowest BCUT2D eigenvalue weighted by molar-refractivity contribution is 0.0636. The highest BCUT2D eigenvalue weighted by Crippen LogP contribution is 2.46. The molecule has 0 unspecified atom stereocenters. The van der Waals surface area contributed by atoms with E-state index in [1.165, 1.54) is 6.42 Å². The topological polar surface area (TPSA) is 29.1 Å². The van der Waals surface area contributed by atoms with Crippen molar-refractivity contribution in [1.82, 2.24) is 0 Å². The van der Waals surface area contributed by atoms with Gasteiger partial charge in [-0.1, -0.05) is 18.6 Å². The summed E-state index contributed by atoms with van der Waals surface area (Å²) in [7, 11) is 0. The Kier molecular flexibility index (Phi) is 1.49. The number of ketones is 1. The normalized spacial score (nSPS) is 22.4. The van der Waals surface area contributed by atoms with Crippen molar-refractivity contribution in [3.63, 3.8) is 0 Å². The fraction of sp³-hybridized carbons (Fsp3) is 0.417. The van der Waals surface area contributed by atoms with Gasteiger partial charge in [-0.3, -0.25) is 4.79 Å². The maximum Gasteiger partial charge on any atom is 0.172 e. The Balaban J connectivity index is 2.07. The molecule has 1 N–H and O–H groups in total. The zero-order valence-corrected chi connectivity index (χ0v) is 8.05. The van der Waals surface area contributed by atoms with Crippen molar-refractivity contribution in [3.05, 3.63) is 29.8 Å². The average molecular weight is 187 g/mol. The van der Waals surface area contributed by atoms with Crippen LogP contribution in [0.25, 0.3) is 0 Å². The maximum atomic E-state index is 12.2. The number of anilines is 1. The van der Waals surface area contributed by atoms with Gasteiger partial charge in [0.1, 0.15) is 0 Å². The first-order valence-electron chi connectivity index (χ1n) is 5.20. The summed E-state index contributed by atoms with van der Waals surface area (Å²) in [6.07, 6.45) is 3.33. The number of carbonyl (C=O) groups is 1. The van der Waals surface area contributed by atoms with Gasteiger partial charge in [-0.25, -0.2) is 0 Å². The van der Waals surface area contributed by atoms with Crippen LogP contribution in [0.2, 0.25) is 0 Å². The van der Waals surface area contributed by atoms with E-state index in [1.807, 2.05) is 24.3 Å². The van der Waals surface area contributed by atoms with E-state index in [0.717, 1.165) is 30.6 Å². The number of benzene rings is 1. The summed E-state index contributed by atoms with van der Waals surface area (Å²) in [6, 6.07) is 7.83. The Morgan fingerprint density at radius 1 is 1.21 bits per heavy atom. The monoisotopic (exact) mass is 187 g/mol. The Labute approximate surface area is 83.3 Å². The minimum absolute atomic E-state index is 0.0473. The molecule has 2 aliphatic rings. The molecule has 14 heavy (non-hydrogen) atoms. The third-order valence-corrected chi connectivity index (χ3v) is 3.58. The Bertz CT molecular complexity index is 393. The van der Waals surface area contributed by atoms with Crippen molar-refractivity contribution in [2.24, 2.45) is 5.41 Å². The number of rotatable bonds is 0. The summed E-state index contributed by atoms with van der Waals surface area (Å²) in [5, 5.41) is 3.36. The number of fused-ring (bicyclic) bond motifs is 1. The summed E-state index contributed by atoms with van der Waals surface area (Å²) >= 11 is 0. The van der Waals surface area contributed by atoms with Crippen molar-refractivity contribution in [3.8, 4) is 0 Å². The van der Waals surface area contributed by atoms with Crippen molar-refractivity contribution in [1.29, 1.82) is 0 Å². The molecule has 0 saturated heterocycles. The maximum absolute atomic E-state index is 12.2. The molecule has 1 aliphatic heterocycles. The second-order valence-electron chi connectivity index (χ2n) is 4.36. The van der Waals surface area contributed by atoms with E-state index in [-0.39, 0.29) is 5.41 Å². The summed E-state index contributed by atoms with van der Waals surface area (Å²) in [4.78, 5) is 12.2. The van der Waals surface area contributed by atoms with Gasteiger partial charge in [0.2, 0.25) is 0 Å². The number of hydrogen-bond donors (Lipinski definition) is 1. The van der Waals surface area contributed by atoms with Crippen molar-refractivity contribution in [2.45, 2.75) is 19.3 Å². The standard InChI is InChI=1S/C12H13NO/c14-11-9-4-1-2-5-10(9)13-8-12(11)6-3-7-12/h1-2,4-5,13H,3,6-8H2. The van der Waals surface area contributed by atoms with Gasteiger partial charge < -0.3 is 5.32 Å². The molecule has 1 heterocycles. The van der Waals surface area contributed by atoms with Crippen LogP contribution in [0.15, 0.2) is 24.3 Å². The predicted octanol–water partition coefficient (Wildman–Crippen LogP) is 2.47. The van der Waals surface area contributed by atoms with Crippen LogP contribution in [-0.2, 0) is 0 Å². The quantitative estimate of drug-likeness (QED) is 0.676. The van der Waals surface area contributed by atoms with Crippen LogP contribution in [0.1, 0.15) is 29.6 Å². The van der Waals surface area contributed by atoms with Crippen LogP contribution in [0, 0.1) is 5.41 Å². The van der Waals surface area contributed by atoms with Crippen LogP contribution in [0.3, 0.4) is 0 Å². The molecule has 0 aromatic heterocycles. The molecule has 0 atom stereocenters. The van der Waals surface area contributed by atoms with Crippen molar-refractivity contribution >= 4 is 11.5 Å². The van der Waals surface area contributed by atoms with Gasteiger partial charge in [-0.15, -0.1) is 0 Å². The molecule has 1 aliphatic carbocycles. The van der Waals surface area contributed by atoms with Crippen LogP contribution < -0.4 is 5.32 Å². The van der Waals surface area contributed by atoms with Gasteiger partial charge in [-0.2, -0.15) is 0 Å². The first-order valence-corrected chi connectivity index (χ1v) is 5.20.